The van der Waals surface area contributed by atoms with Gasteiger partial charge in [-0.25, -0.2) is 0 Å². The fourth-order valence-corrected chi connectivity index (χ4v) is 2.83. The molecule has 1 aromatic carbocycles. The second-order valence-corrected chi connectivity index (χ2v) is 5.28. The van der Waals surface area contributed by atoms with Gasteiger partial charge in [0.05, 0.1) is 19.8 Å². The maximum atomic E-state index is 6.36. The minimum Gasteiger partial charge on any atom is -0.496 e. The summed E-state index contributed by atoms with van der Waals surface area (Å²) in [5.41, 5.74) is 8.56. The van der Waals surface area contributed by atoms with Crippen molar-refractivity contribution in [2.75, 3.05) is 13.7 Å². The van der Waals surface area contributed by atoms with Crippen molar-refractivity contribution in [1.29, 1.82) is 0 Å². The van der Waals surface area contributed by atoms with E-state index in [9.17, 15) is 0 Å². The Hall–Kier alpha value is -1.52. The molecule has 2 aromatic rings. The van der Waals surface area contributed by atoms with E-state index in [1.54, 1.807) is 18.4 Å². The van der Waals surface area contributed by atoms with Gasteiger partial charge in [0.2, 0.25) is 0 Å². The van der Waals surface area contributed by atoms with Gasteiger partial charge in [0.15, 0.2) is 0 Å². The van der Waals surface area contributed by atoms with Gasteiger partial charge in [0.25, 0.3) is 0 Å². The van der Waals surface area contributed by atoms with Gasteiger partial charge in [-0.05, 0) is 26.0 Å². The number of thiophene rings is 1. The fourth-order valence-electron chi connectivity index (χ4n) is 1.96. The topological polar surface area (TPSA) is 44.5 Å². The van der Waals surface area contributed by atoms with Crippen molar-refractivity contribution in [1.82, 2.24) is 0 Å². The number of benzene rings is 1. The third-order valence-electron chi connectivity index (χ3n) is 2.94. The molecule has 1 aromatic heterocycles. The first-order chi connectivity index (χ1) is 9.15. The summed E-state index contributed by atoms with van der Waals surface area (Å²) in [5.74, 6) is 1.70. The van der Waals surface area contributed by atoms with Crippen LogP contribution in [0.4, 0.5) is 0 Å². The first kappa shape index (κ1) is 13.9. The number of aryl methyl sites for hydroxylation is 1. The molecule has 0 radical (unpaired) electrons. The smallest absolute Gasteiger partial charge is 0.129 e. The minimum absolute atomic E-state index is 0.185. The molecule has 4 heteroatoms. The molecule has 0 saturated heterocycles. The summed E-state index contributed by atoms with van der Waals surface area (Å²) in [4.78, 5) is 1.07. The lowest BCUT2D eigenvalue weighted by Gasteiger charge is -2.16. The van der Waals surface area contributed by atoms with Crippen LogP contribution < -0.4 is 15.2 Å². The summed E-state index contributed by atoms with van der Waals surface area (Å²) >= 11 is 1.60. The number of ether oxygens (including phenoxy) is 2. The van der Waals surface area contributed by atoms with E-state index >= 15 is 0 Å². The maximum absolute atomic E-state index is 6.36. The highest BCUT2D eigenvalue weighted by Gasteiger charge is 2.16. The largest absolute Gasteiger partial charge is 0.496 e. The lowest BCUT2D eigenvalue weighted by Crippen LogP contribution is -2.12. The predicted molar refractivity (Wildman–Crippen MR) is 79.2 cm³/mol. The molecule has 1 unspecified atom stereocenters. The van der Waals surface area contributed by atoms with E-state index < -0.39 is 0 Å². The molecular formula is C15H19NO2S. The highest BCUT2D eigenvalue weighted by atomic mass is 32.1. The van der Waals surface area contributed by atoms with Crippen LogP contribution in [0, 0.1) is 6.92 Å². The van der Waals surface area contributed by atoms with E-state index in [1.807, 2.05) is 30.5 Å². The van der Waals surface area contributed by atoms with E-state index in [-0.39, 0.29) is 6.04 Å². The van der Waals surface area contributed by atoms with Gasteiger partial charge in [-0.2, -0.15) is 0 Å². The molecule has 2 rings (SSSR count). The summed E-state index contributed by atoms with van der Waals surface area (Å²) in [6, 6.07) is 7.90. The van der Waals surface area contributed by atoms with Gasteiger partial charge in [-0.3, -0.25) is 0 Å². The molecule has 1 atom stereocenters. The molecule has 0 aliphatic heterocycles. The van der Waals surface area contributed by atoms with Crippen LogP contribution >= 0.6 is 11.3 Å². The third-order valence-corrected chi connectivity index (χ3v) is 3.93. The molecule has 0 amide bonds. The van der Waals surface area contributed by atoms with Crippen molar-refractivity contribution in [3.63, 3.8) is 0 Å². The quantitative estimate of drug-likeness (QED) is 0.909. The van der Waals surface area contributed by atoms with E-state index in [2.05, 4.69) is 13.0 Å². The van der Waals surface area contributed by atoms with Crippen molar-refractivity contribution < 1.29 is 9.47 Å². The summed E-state index contributed by atoms with van der Waals surface area (Å²) in [6.45, 7) is 4.67. The first-order valence-electron chi connectivity index (χ1n) is 6.27. The number of rotatable bonds is 5. The van der Waals surface area contributed by atoms with E-state index in [0.717, 1.165) is 21.9 Å². The van der Waals surface area contributed by atoms with Gasteiger partial charge in [-0.1, -0.05) is 17.7 Å². The summed E-state index contributed by atoms with van der Waals surface area (Å²) in [6.07, 6.45) is 0. The molecule has 3 nitrogen and oxygen atoms in total. The Balaban J connectivity index is 2.36. The van der Waals surface area contributed by atoms with E-state index in [0.29, 0.717) is 6.61 Å². The number of hydrogen-bond acceptors (Lipinski definition) is 4. The van der Waals surface area contributed by atoms with Gasteiger partial charge >= 0.3 is 0 Å². The average molecular weight is 277 g/mol. The molecule has 0 aliphatic carbocycles. The van der Waals surface area contributed by atoms with Crippen LogP contribution in [0.25, 0.3) is 0 Å². The Morgan fingerprint density at radius 3 is 2.74 bits per heavy atom. The number of methoxy groups -OCH3 is 1. The predicted octanol–water partition coefficient (Wildman–Crippen LogP) is 3.51. The lowest BCUT2D eigenvalue weighted by atomic mass is 10.0. The number of nitrogens with two attached hydrogens (primary N) is 1. The van der Waals surface area contributed by atoms with Crippen LogP contribution in [0.2, 0.25) is 0 Å². The van der Waals surface area contributed by atoms with Crippen molar-refractivity contribution in [2.45, 2.75) is 19.9 Å². The second-order valence-electron chi connectivity index (χ2n) is 4.34. The SMILES string of the molecule is CCOc1ccc(C)cc1C(N)c1cc(OC)cs1. The Morgan fingerprint density at radius 1 is 1.32 bits per heavy atom. The highest BCUT2D eigenvalue weighted by molar-refractivity contribution is 7.10. The molecule has 0 spiro atoms. The normalized spacial score (nSPS) is 12.2. The summed E-state index contributed by atoms with van der Waals surface area (Å²) in [7, 11) is 1.66. The summed E-state index contributed by atoms with van der Waals surface area (Å²) < 4.78 is 10.9. The van der Waals surface area contributed by atoms with Crippen molar-refractivity contribution in [2.24, 2.45) is 5.73 Å². The Labute approximate surface area is 118 Å². The molecule has 0 aliphatic rings. The third kappa shape index (κ3) is 3.08. The molecule has 0 fully saturated rings. The molecule has 1 heterocycles. The Bertz CT molecular complexity index is 551. The molecule has 2 N–H and O–H groups in total. The van der Waals surface area contributed by atoms with E-state index in [1.165, 1.54) is 5.56 Å². The monoisotopic (exact) mass is 277 g/mol. The Kier molecular flexibility index (Phi) is 4.45. The first-order valence-corrected chi connectivity index (χ1v) is 7.15. The molecule has 102 valence electrons. The van der Waals surface area contributed by atoms with Crippen molar-refractivity contribution in [3.8, 4) is 11.5 Å². The van der Waals surface area contributed by atoms with Crippen LogP contribution in [0.3, 0.4) is 0 Å². The minimum atomic E-state index is -0.185. The zero-order valence-electron chi connectivity index (χ0n) is 11.5. The lowest BCUT2D eigenvalue weighted by molar-refractivity contribution is 0.335. The molecular weight excluding hydrogens is 258 g/mol. The molecule has 0 saturated carbocycles. The van der Waals surface area contributed by atoms with Crippen molar-refractivity contribution >= 4 is 11.3 Å². The van der Waals surface area contributed by atoms with Gasteiger partial charge in [-0.15, -0.1) is 11.3 Å². The van der Waals surface area contributed by atoms with Crippen LogP contribution in [0.15, 0.2) is 29.6 Å². The fraction of sp³-hybridized carbons (Fsp3) is 0.333. The van der Waals surface area contributed by atoms with Gasteiger partial charge in [0.1, 0.15) is 11.5 Å². The van der Waals surface area contributed by atoms with E-state index in [4.69, 9.17) is 15.2 Å². The molecule has 19 heavy (non-hydrogen) atoms. The standard InChI is InChI=1S/C15H19NO2S/c1-4-18-13-6-5-10(2)7-12(13)15(16)14-8-11(17-3)9-19-14/h5-9,15H,4,16H2,1-3H3. The average Bonchev–Trinajstić information content (AvgIpc) is 2.89. The van der Waals surface area contributed by atoms with Gasteiger partial charge in [0, 0.05) is 15.8 Å². The van der Waals surface area contributed by atoms with Crippen LogP contribution in [-0.4, -0.2) is 13.7 Å². The number of hydrogen-bond donors (Lipinski definition) is 1. The zero-order valence-corrected chi connectivity index (χ0v) is 12.3. The maximum Gasteiger partial charge on any atom is 0.129 e. The van der Waals surface area contributed by atoms with Crippen molar-refractivity contribution in [3.05, 3.63) is 45.6 Å². The zero-order chi connectivity index (χ0) is 13.8. The molecule has 0 bridgehead atoms. The van der Waals surface area contributed by atoms with Gasteiger partial charge < -0.3 is 15.2 Å². The summed E-state index contributed by atoms with van der Waals surface area (Å²) in [5, 5.41) is 1.96. The van der Waals surface area contributed by atoms with Crippen LogP contribution in [-0.2, 0) is 0 Å². The van der Waals surface area contributed by atoms with Crippen LogP contribution in [0.5, 0.6) is 11.5 Å². The van der Waals surface area contributed by atoms with Crippen LogP contribution in [0.1, 0.15) is 29.0 Å². The Morgan fingerprint density at radius 2 is 2.11 bits per heavy atom. The highest BCUT2D eigenvalue weighted by Crippen LogP contribution is 2.34. The second kappa shape index (κ2) is 6.08.